The Hall–Kier alpha value is -1.10. The minimum Gasteiger partial charge on any atom is -0.491 e. The molecule has 0 aromatic heterocycles. The Morgan fingerprint density at radius 2 is 1.76 bits per heavy atom. The number of aliphatic hydroxyl groups excluding tert-OH is 1. The fourth-order valence-electron chi connectivity index (χ4n) is 4.06. The molecule has 1 aliphatic rings. The fourth-order valence-corrected chi connectivity index (χ4v) is 4.06. The molecule has 1 heterocycles. The highest BCUT2D eigenvalue weighted by Gasteiger charge is 2.37. The highest BCUT2D eigenvalue weighted by atomic mass is 16.5. The SMILES string of the molecule is CCCc1ccc(OCC(O)CNC2CC(C)(C)NC(C)(C)C2)cc1. The van der Waals surface area contributed by atoms with Gasteiger partial charge in [-0.05, 0) is 64.7 Å². The first-order valence-electron chi connectivity index (χ1n) is 9.62. The van der Waals surface area contributed by atoms with E-state index in [9.17, 15) is 5.11 Å². The molecule has 0 spiro atoms. The van der Waals surface area contributed by atoms with E-state index in [2.05, 4.69) is 57.4 Å². The molecule has 142 valence electrons. The van der Waals surface area contributed by atoms with Crippen LogP contribution < -0.4 is 15.4 Å². The van der Waals surface area contributed by atoms with E-state index >= 15 is 0 Å². The molecule has 1 saturated heterocycles. The van der Waals surface area contributed by atoms with E-state index in [1.54, 1.807) is 0 Å². The van der Waals surface area contributed by atoms with Crippen molar-refractivity contribution >= 4 is 0 Å². The van der Waals surface area contributed by atoms with E-state index in [0.29, 0.717) is 19.2 Å². The lowest BCUT2D eigenvalue weighted by molar-refractivity contribution is 0.0901. The molecule has 0 amide bonds. The molecule has 1 atom stereocenters. The summed E-state index contributed by atoms with van der Waals surface area (Å²) in [5, 5.41) is 17.4. The Kier molecular flexibility index (Phi) is 6.89. The van der Waals surface area contributed by atoms with Crippen LogP contribution in [0.4, 0.5) is 0 Å². The average molecular weight is 349 g/mol. The van der Waals surface area contributed by atoms with Gasteiger partial charge in [-0.2, -0.15) is 0 Å². The van der Waals surface area contributed by atoms with Gasteiger partial charge in [-0.3, -0.25) is 0 Å². The molecule has 1 aromatic carbocycles. The standard InChI is InChI=1S/C21H36N2O2/c1-6-7-16-8-10-19(11-9-16)25-15-18(24)14-22-17-12-20(2,3)23-21(4,5)13-17/h8-11,17-18,22-24H,6-7,12-15H2,1-5H3. The van der Waals surface area contributed by atoms with Crippen LogP contribution in [0.15, 0.2) is 24.3 Å². The Balaban J connectivity index is 1.74. The van der Waals surface area contributed by atoms with Gasteiger partial charge in [-0.15, -0.1) is 0 Å². The van der Waals surface area contributed by atoms with Gasteiger partial charge in [0, 0.05) is 23.7 Å². The van der Waals surface area contributed by atoms with Crippen LogP contribution in [-0.4, -0.2) is 41.5 Å². The molecule has 4 heteroatoms. The largest absolute Gasteiger partial charge is 0.491 e. The second-order valence-corrected chi connectivity index (χ2v) is 8.76. The van der Waals surface area contributed by atoms with Crippen molar-refractivity contribution in [2.24, 2.45) is 0 Å². The van der Waals surface area contributed by atoms with Crippen LogP contribution in [0.25, 0.3) is 0 Å². The molecular formula is C21H36N2O2. The molecule has 1 fully saturated rings. The Labute approximate surface area is 153 Å². The summed E-state index contributed by atoms with van der Waals surface area (Å²) in [6.07, 6.45) is 3.85. The smallest absolute Gasteiger partial charge is 0.119 e. The first kappa shape index (κ1) is 20.2. The van der Waals surface area contributed by atoms with Crippen LogP contribution in [0.1, 0.15) is 59.4 Å². The second kappa shape index (κ2) is 8.52. The van der Waals surface area contributed by atoms with Crippen molar-refractivity contribution in [3.63, 3.8) is 0 Å². The predicted octanol–water partition coefficient (Wildman–Crippen LogP) is 3.28. The average Bonchev–Trinajstić information content (AvgIpc) is 2.49. The zero-order chi connectivity index (χ0) is 18.5. The maximum absolute atomic E-state index is 10.2. The molecule has 1 aromatic rings. The fraction of sp³-hybridized carbons (Fsp3) is 0.714. The van der Waals surface area contributed by atoms with E-state index in [1.165, 1.54) is 5.56 Å². The van der Waals surface area contributed by atoms with Crippen molar-refractivity contribution in [1.29, 1.82) is 0 Å². The van der Waals surface area contributed by atoms with Gasteiger partial charge < -0.3 is 20.5 Å². The molecule has 3 N–H and O–H groups in total. The minimum atomic E-state index is -0.503. The zero-order valence-electron chi connectivity index (χ0n) is 16.6. The van der Waals surface area contributed by atoms with E-state index in [1.807, 2.05) is 12.1 Å². The van der Waals surface area contributed by atoms with E-state index in [4.69, 9.17) is 4.74 Å². The van der Waals surface area contributed by atoms with Gasteiger partial charge in [0.25, 0.3) is 0 Å². The lowest BCUT2D eigenvalue weighted by Gasteiger charge is -2.47. The molecule has 0 bridgehead atoms. The lowest BCUT2D eigenvalue weighted by Crippen LogP contribution is -2.62. The van der Waals surface area contributed by atoms with Crippen molar-refractivity contribution < 1.29 is 9.84 Å². The van der Waals surface area contributed by atoms with Gasteiger partial charge in [0.15, 0.2) is 0 Å². The van der Waals surface area contributed by atoms with Crippen molar-refractivity contribution in [2.45, 2.75) is 83.5 Å². The van der Waals surface area contributed by atoms with Gasteiger partial charge in [0.1, 0.15) is 18.5 Å². The van der Waals surface area contributed by atoms with Crippen LogP contribution in [-0.2, 0) is 6.42 Å². The van der Waals surface area contributed by atoms with Crippen molar-refractivity contribution in [1.82, 2.24) is 10.6 Å². The number of benzene rings is 1. The summed E-state index contributed by atoms with van der Waals surface area (Å²) in [5.41, 5.74) is 1.55. The summed E-state index contributed by atoms with van der Waals surface area (Å²) >= 11 is 0. The van der Waals surface area contributed by atoms with E-state index in [-0.39, 0.29) is 11.1 Å². The number of piperidine rings is 1. The molecule has 0 aliphatic carbocycles. The van der Waals surface area contributed by atoms with Crippen molar-refractivity contribution in [2.75, 3.05) is 13.2 Å². The quantitative estimate of drug-likeness (QED) is 0.675. The van der Waals surface area contributed by atoms with Gasteiger partial charge in [0.05, 0.1) is 0 Å². The third-order valence-electron chi connectivity index (χ3n) is 4.74. The van der Waals surface area contributed by atoms with Gasteiger partial charge >= 0.3 is 0 Å². The monoisotopic (exact) mass is 348 g/mol. The summed E-state index contributed by atoms with van der Waals surface area (Å²) in [6.45, 7) is 12.0. The van der Waals surface area contributed by atoms with Crippen LogP contribution in [0, 0.1) is 0 Å². The molecule has 25 heavy (non-hydrogen) atoms. The van der Waals surface area contributed by atoms with E-state index in [0.717, 1.165) is 31.4 Å². The number of rotatable bonds is 8. The molecule has 4 nitrogen and oxygen atoms in total. The van der Waals surface area contributed by atoms with Gasteiger partial charge in [-0.1, -0.05) is 25.5 Å². The number of nitrogens with one attached hydrogen (secondary N) is 2. The van der Waals surface area contributed by atoms with Gasteiger partial charge in [-0.25, -0.2) is 0 Å². The van der Waals surface area contributed by atoms with E-state index < -0.39 is 6.10 Å². The summed E-state index contributed by atoms with van der Waals surface area (Å²) in [7, 11) is 0. The highest BCUT2D eigenvalue weighted by molar-refractivity contribution is 5.27. The normalized spacial score (nSPS) is 21.0. The summed E-state index contributed by atoms with van der Waals surface area (Å²) in [5.74, 6) is 0.822. The Morgan fingerprint density at radius 1 is 1.16 bits per heavy atom. The summed E-state index contributed by atoms with van der Waals surface area (Å²) in [4.78, 5) is 0. The molecule has 2 rings (SSSR count). The number of aryl methyl sites for hydroxylation is 1. The topological polar surface area (TPSA) is 53.5 Å². The Bertz CT molecular complexity index is 509. The molecule has 0 saturated carbocycles. The third-order valence-corrected chi connectivity index (χ3v) is 4.74. The number of hydrogen-bond donors (Lipinski definition) is 3. The zero-order valence-corrected chi connectivity index (χ0v) is 16.6. The first-order chi connectivity index (χ1) is 11.7. The maximum Gasteiger partial charge on any atom is 0.119 e. The summed E-state index contributed by atoms with van der Waals surface area (Å²) < 4.78 is 5.72. The van der Waals surface area contributed by atoms with Crippen LogP contribution in [0.2, 0.25) is 0 Å². The minimum absolute atomic E-state index is 0.112. The predicted molar refractivity (Wildman–Crippen MR) is 104 cm³/mol. The number of aliphatic hydroxyl groups is 1. The summed E-state index contributed by atoms with van der Waals surface area (Å²) in [6, 6.07) is 8.59. The lowest BCUT2D eigenvalue weighted by atomic mass is 9.79. The van der Waals surface area contributed by atoms with Gasteiger partial charge in [0.2, 0.25) is 0 Å². The molecule has 1 unspecified atom stereocenters. The molecule has 0 radical (unpaired) electrons. The second-order valence-electron chi connectivity index (χ2n) is 8.76. The molecule has 1 aliphatic heterocycles. The molecular weight excluding hydrogens is 312 g/mol. The van der Waals surface area contributed by atoms with Crippen LogP contribution in [0.3, 0.4) is 0 Å². The number of hydrogen-bond acceptors (Lipinski definition) is 4. The highest BCUT2D eigenvalue weighted by Crippen LogP contribution is 2.28. The van der Waals surface area contributed by atoms with Crippen molar-refractivity contribution in [3.8, 4) is 5.75 Å². The van der Waals surface area contributed by atoms with Crippen LogP contribution in [0.5, 0.6) is 5.75 Å². The third kappa shape index (κ3) is 6.96. The Morgan fingerprint density at radius 3 is 2.32 bits per heavy atom. The first-order valence-corrected chi connectivity index (χ1v) is 9.62. The maximum atomic E-state index is 10.2. The van der Waals surface area contributed by atoms with Crippen molar-refractivity contribution in [3.05, 3.63) is 29.8 Å². The van der Waals surface area contributed by atoms with Crippen LogP contribution >= 0.6 is 0 Å². The number of ether oxygens (including phenoxy) is 1.